The van der Waals surface area contributed by atoms with E-state index < -0.39 is 5.75 Å². The van der Waals surface area contributed by atoms with Crippen molar-refractivity contribution in [2.24, 2.45) is 0 Å². The molecule has 0 spiro atoms. The van der Waals surface area contributed by atoms with Gasteiger partial charge in [0.2, 0.25) is 0 Å². The summed E-state index contributed by atoms with van der Waals surface area (Å²) in [5.74, 6) is -1.10. The molecule has 0 atom stereocenters. The van der Waals surface area contributed by atoms with Crippen LogP contribution in [0.15, 0.2) is 18.2 Å². The highest BCUT2D eigenvalue weighted by atomic mass is 16.5. The number of carbonyl (C=O) groups excluding carboxylic acids is 1. The Hall–Kier alpha value is -1.79. The van der Waals surface area contributed by atoms with Crippen LogP contribution in [-0.2, 0) is 9.47 Å². The maximum absolute atomic E-state index is 12.3. The molecule has 0 unspecified atom stereocenters. The monoisotopic (exact) mass is 269 g/mol. The maximum atomic E-state index is 12.3. The van der Waals surface area contributed by atoms with Crippen LogP contribution < -0.4 is 0 Å². The van der Waals surface area contributed by atoms with Crippen LogP contribution in [0.1, 0.15) is 10.4 Å². The summed E-state index contributed by atoms with van der Waals surface area (Å²) in [5, 5.41) is 19.1. The Morgan fingerprint density at radius 1 is 1.16 bits per heavy atom. The van der Waals surface area contributed by atoms with Gasteiger partial charge in [-0.25, -0.2) is 0 Å². The summed E-state index contributed by atoms with van der Waals surface area (Å²) < 4.78 is 9.89. The maximum Gasteiger partial charge on any atom is 0.257 e. The van der Waals surface area contributed by atoms with Crippen molar-refractivity contribution >= 4 is 5.91 Å². The Morgan fingerprint density at radius 3 is 2.26 bits per heavy atom. The summed E-state index contributed by atoms with van der Waals surface area (Å²) in [5.41, 5.74) is 0.0622. The minimum atomic E-state index is -0.410. The van der Waals surface area contributed by atoms with Gasteiger partial charge < -0.3 is 24.6 Å². The van der Waals surface area contributed by atoms with Gasteiger partial charge in [-0.1, -0.05) is 6.07 Å². The van der Waals surface area contributed by atoms with Gasteiger partial charge in [-0.3, -0.25) is 4.79 Å². The normalized spacial score (nSPS) is 10.4. The van der Waals surface area contributed by atoms with E-state index >= 15 is 0 Å². The SMILES string of the molecule is COCCN(CCOC)C(=O)c1cccc(O)c1O. The second-order valence-corrected chi connectivity index (χ2v) is 3.95. The predicted molar refractivity (Wildman–Crippen MR) is 69.4 cm³/mol. The average Bonchev–Trinajstić information content (AvgIpc) is 2.41. The van der Waals surface area contributed by atoms with Gasteiger partial charge in [0, 0.05) is 27.3 Å². The zero-order valence-electron chi connectivity index (χ0n) is 11.1. The summed E-state index contributed by atoms with van der Waals surface area (Å²) in [4.78, 5) is 13.8. The molecule has 19 heavy (non-hydrogen) atoms. The minimum Gasteiger partial charge on any atom is -0.504 e. The average molecular weight is 269 g/mol. The molecule has 0 aliphatic heterocycles. The van der Waals surface area contributed by atoms with Crippen LogP contribution in [0.4, 0.5) is 0 Å². The number of nitrogens with zero attached hydrogens (tertiary/aromatic N) is 1. The van der Waals surface area contributed by atoms with E-state index in [0.717, 1.165) is 0 Å². The third kappa shape index (κ3) is 4.11. The molecule has 0 saturated carbocycles. The van der Waals surface area contributed by atoms with Crippen molar-refractivity contribution in [2.45, 2.75) is 0 Å². The number of methoxy groups -OCH3 is 2. The Kier molecular flexibility index (Phi) is 6.11. The lowest BCUT2D eigenvalue weighted by molar-refractivity contribution is 0.0624. The lowest BCUT2D eigenvalue weighted by Gasteiger charge is -2.22. The van der Waals surface area contributed by atoms with Crippen LogP contribution >= 0.6 is 0 Å². The van der Waals surface area contributed by atoms with Crippen LogP contribution in [0.2, 0.25) is 0 Å². The first-order valence-corrected chi connectivity index (χ1v) is 5.90. The standard InChI is InChI=1S/C13H19NO5/c1-18-8-6-14(7-9-19-2)13(17)10-4-3-5-11(15)12(10)16/h3-5,15-16H,6-9H2,1-2H3. The number of hydrogen-bond acceptors (Lipinski definition) is 5. The molecule has 0 aliphatic carbocycles. The lowest BCUT2D eigenvalue weighted by atomic mass is 10.1. The van der Waals surface area contributed by atoms with Crippen molar-refractivity contribution in [1.82, 2.24) is 4.90 Å². The van der Waals surface area contributed by atoms with Crippen molar-refractivity contribution in [2.75, 3.05) is 40.5 Å². The van der Waals surface area contributed by atoms with E-state index in [1.165, 1.54) is 23.1 Å². The molecule has 0 aromatic heterocycles. The number of para-hydroxylation sites is 1. The second kappa shape index (κ2) is 7.60. The summed E-state index contributed by atoms with van der Waals surface area (Å²) in [6.07, 6.45) is 0. The Morgan fingerprint density at radius 2 is 1.74 bits per heavy atom. The van der Waals surface area contributed by atoms with Crippen molar-refractivity contribution < 1.29 is 24.5 Å². The van der Waals surface area contributed by atoms with Crippen LogP contribution in [-0.4, -0.2) is 61.5 Å². The van der Waals surface area contributed by atoms with Crippen LogP contribution in [0.5, 0.6) is 11.5 Å². The van der Waals surface area contributed by atoms with Gasteiger partial charge in [-0.05, 0) is 12.1 Å². The van der Waals surface area contributed by atoms with Gasteiger partial charge in [0.1, 0.15) is 0 Å². The zero-order chi connectivity index (χ0) is 14.3. The number of aromatic hydroxyl groups is 2. The number of carbonyl (C=O) groups is 1. The molecule has 0 fully saturated rings. The van der Waals surface area contributed by atoms with E-state index in [9.17, 15) is 15.0 Å². The van der Waals surface area contributed by atoms with E-state index in [4.69, 9.17) is 9.47 Å². The van der Waals surface area contributed by atoms with Gasteiger partial charge >= 0.3 is 0 Å². The number of ether oxygens (including phenoxy) is 2. The largest absolute Gasteiger partial charge is 0.504 e. The molecule has 1 aromatic rings. The number of phenolic OH excluding ortho intramolecular Hbond substituents is 2. The molecule has 0 bridgehead atoms. The molecule has 1 aromatic carbocycles. The number of hydrogen-bond donors (Lipinski definition) is 2. The van der Waals surface area contributed by atoms with Crippen molar-refractivity contribution in [3.8, 4) is 11.5 Å². The molecule has 0 heterocycles. The van der Waals surface area contributed by atoms with Crippen molar-refractivity contribution in [3.63, 3.8) is 0 Å². The summed E-state index contributed by atoms with van der Waals surface area (Å²) in [7, 11) is 3.09. The number of benzene rings is 1. The molecule has 6 nitrogen and oxygen atoms in total. The fourth-order valence-corrected chi connectivity index (χ4v) is 1.59. The molecule has 106 valence electrons. The van der Waals surface area contributed by atoms with Gasteiger partial charge in [-0.2, -0.15) is 0 Å². The summed E-state index contributed by atoms with van der Waals surface area (Å²) in [6, 6.07) is 4.29. The minimum absolute atomic E-state index is 0.0622. The van der Waals surface area contributed by atoms with E-state index in [1.807, 2.05) is 0 Å². The Bertz CT molecular complexity index is 413. The molecular weight excluding hydrogens is 250 g/mol. The molecule has 0 saturated heterocycles. The summed E-state index contributed by atoms with van der Waals surface area (Å²) >= 11 is 0. The second-order valence-electron chi connectivity index (χ2n) is 3.95. The lowest BCUT2D eigenvalue weighted by Crippen LogP contribution is -2.36. The smallest absolute Gasteiger partial charge is 0.257 e. The fourth-order valence-electron chi connectivity index (χ4n) is 1.59. The number of amides is 1. The van der Waals surface area contributed by atoms with E-state index in [-0.39, 0.29) is 17.2 Å². The highest BCUT2D eigenvalue weighted by molar-refractivity contribution is 5.97. The van der Waals surface area contributed by atoms with Crippen LogP contribution in [0.25, 0.3) is 0 Å². The first kappa shape index (κ1) is 15.3. The van der Waals surface area contributed by atoms with Gasteiger partial charge in [-0.15, -0.1) is 0 Å². The zero-order valence-corrected chi connectivity index (χ0v) is 11.1. The van der Waals surface area contributed by atoms with E-state index in [0.29, 0.717) is 26.3 Å². The predicted octanol–water partition coefficient (Wildman–Crippen LogP) is 0.833. The quantitative estimate of drug-likeness (QED) is 0.717. The Balaban J connectivity index is 2.87. The van der Waals surface area contributed by atoms with Crippen LogP contribution in [0.3, 0.4) is 0 Å². The molecule has 0 radical (unpaired) electrons. The molecule has 1 rings (SSSR count). The molecule has 2 N–H and O–H groups in total. The fraction of sp³-hybridized carbons (Fsp3) is 0.462. The van der Waals surface area contributed by atoms with E-state index in [2.05, 4.69) is 0 Å². The summed E-state index contributed by atoms with van der Waals surface area (Å²) in [6.45, 7) is 1.53. The third-order valence-electron chi connectivity index (χ3n) is 2.66. The first-order valence-electron chi connectivity index (χ1n) is 5.90. The van der Waals surface area contributed by atoms with Gasteiger partial charge in [0.25, 0.3) is 5.91 Å². The van der Waals surface area contributed by atoms with E-state index in [1.54, 1.807) is 14.2 Å². The van der Waals surface area contributed by atoms with Gasteiger partial charge in [0.15, 0.2) is 11.5 Å². The number of rotatable bonds is 7. The van der Waals surface area contributed by atoms with Gasteiger partial charge in [0.05, 0.1) is 18.8 Å². The first-order chi connectivity index (χ1) is 9.11. The molecule has 6 heteroatoms. The van der Waals surface area contributed by atoms with Crippen molar-refractivity contribution in [1.29, 1.82) is 0 Å². The molecule has 1 amide bonds. The topological polar surface area (TPSA) is 79.2 Å². The third-order valence-corrected chi connectivity index (χ3v) is 2.66. The van der Waals surface area contributed by atoms with Crippen molar-refractivity contribution in [3.05, 3.63) is 23.8 Å². The molecular formula is C13H19NO5. The highest BCUT2D eigenvalue weighted by Gasteiger charge is 2.20. The molecule has 0 aliphatic rings. The number of phenols is 2. The highest BCUT2D eigenvalue weighted by Crippen LogP contribution is 2.29. The Labute approximate surface area is 112 Å². The van der Waals surface area contributed by atoms with Crippen LogP contribution in [0, 0.1) is 0 Å².